The molecule has 1 aromatic heterocycles. The molecule has 0 unspecified atom stereocenters. The second-order valence-corrected chi connectivity index (χ2v) is 10.3. The molecule has 3 heterocycles. The molecule has 36 heavy (non-hydrogen) atoms. The number of amides is 1. The first-order valence-corrected chi connectivity index (χ1v) is 12.4. The van der Waals surface area contributed by atoms with E-state index < -0.39 is 16.2 Å². The topological polar surface area (TPSA) is 101 Å². The van der Waals surface area contributed by atoms with Gasteiger partial charge in [-0.25, -0.2) is 0 Å². The number of anilines is 2. The molecule has 0 fully saturated rings. The number of carbonyl (C=O) groups excluding carboxylic acids is 1. The minimum atomic E-state index is -0.513. The maximum absolute atomic E-state index is 13.7. The van der Waals surface area contributed by atoms with Crippen molar-refractivity contribution < 1.29 is 9.72 Å². The smallest absolute Gasteiger partial charge is 0.283 e. The molecule has 0 radical (unpaired) electrons. The first-order valence-electron chi connectivity index (χ1n) is 11.5. The van der Waals surface area contributed by atoms with Gasteiger partial charge >= 0.3 is 0 Å². The van der Waals surface area contributed by atoms with Crippen molar-refractivity contribution in [1.29, 1.82) is 0 Å². The van der Waals surface area contributed by atoms with Gasteiger partial charge in [-0.3, -0.25) is 24.3 Å². The molecule has 0 saturated carbocycles. The Morgan fingerprint density at radius 3 is 2.50 bits per heavy atom. The molecule has 3 aromatic rings. The molecule has 5 rings (SSSR count). The van der Waals surface area contributed by atoms with Gasteiger partial charge in [-0.05, 0) is 31.5 Å². The normalized spacial score (nSPS) is 19.6. The minimum Gasteiger partial charge on any atom is -0.346 e. The predicted octanol–water partition coefficient (Wildman–Crippen LogP) is 2.95. The lowest BCUT2D eigenvalue weighted by Gasteiger charge is -2.23. The fraction of sp³-hybridized carbons (Fsp3) is 0.269. The van der Waals surface area contributed by atoms with Gasteiger partial charge in [0.2, 0.25) is 0 Å². The van der Waals surface area contributed by atoms with E-state index in [-0.39, 0.29) is 11.2 Å². The number of aromatic nitrogens is 1. The highest BCUT2D eigenvalue weighted by atomic mass is 32.1. The number of nitro benzene ring substituents is 1. The first-order chi connectivity index (χ1) is 17.1. The minimum absolute atomic E-state index is 0.132. The average molecular weight is 504 g/mol. The first kappa shape index (κ1) is 23.7. The monoisotopic (exact) mass is 503 g/mol. The second kappa shape index (κ2) is 8.27. The van der Waals surface area contributed by atoms with E-state index in [0.29, 0.717) is 32.7 Å². The summed E-state index contributed by atoms with van der Waals surface area (Å²) in [4.78, 5) is 40.0. The molecule has 1 amide bonds. The quantitative estimate of drug-likeness (QED) is 0.404. The average Bonchev–Trinajstić information content (AvgIpc) is 3.40. The third kappa shape index (κ3) is 3.32. The number of para-hydroxylation sites is 1. The van der Waals surface area contributed by atoms with E-state index in [1.54, 1.807) is 17.6 Å². The Kier molecular flexibility index (Phi) is 5.44. The number of benzene rings is 2. The Hall–Kier alpha value is -4.05. The van der Waals surface area contributed by atoms with Gasteiger partial charge in [0, 0.05) is 36.8 Å². The van der Waals surface area contributed by atoms with Gasteiger partial charge in [-0.1, -0.05) is 38.1 Å². The molecule has 2 aliphatic heterocycles. The number of non-ortho nitro benzene ring substituents is 1. The Morgan fingerprint density at radius 2 is 1.83 bits per heavy atom. The third-order valence-corrected chi connectivity index (χ3v) is 7.99. The lowest BCUT2D eigenvalue weighted by atomic mass is 9.84. The van der Waals surface area contributed by atoms with Crippen LogP contribution in [0.15, 0.2) is 58.4 Å². The highest BCUT2D eigenvalue weighted by molar-refractivity contribution is 7.08. The van der Waals surface area contributed by atoms with E-state index in [9.17, 15) is 19.7 Å². The SMILES string of the molecule is CCn1c(=O)/c(=C2\N(C)c3ccccc3C2(C)C)s/c1=C1/C(=O)N(c2cccc([N+](=O)[O-])c2)N=C1C. The molecule has 0 N–H and O–H groups in total. The summed E-state index contributed by atoms with van der Waals surface area (Å²) in [5.74, 6) is -0.421. The Morgan fingerprint density at radius 1 is 1.11 bits per heavy atom. The third-order valence-electron chi connectivity index (χ3n) is 6.80. The summed E-state index contributed by atoms with van der Waals surface area (Å²) in [7, 11) is 1.96. The summed E-state index contributed by atoms with van der Waals surface area (Å²) >= 11 is 1.29. The van der Waals surface area contributed by atoms with E-state index in [1.165, 1.54) is 29.5 Å². The van der Waals surface area contributed by atoms with E-state index in [1.807, 2.05) is 32.2 Å². The van der Waals surface area contributed by atoms with Crippen molar-refractivity contribution in [2.75, 3.05) is 17.0 Å². The molecule has 0 atom stereocenters. The molecule has 0 saturated heterocycles. The number of hydrogen-bond acceptors (Lipinski definition) is 7. The molecular weight excluding hydrogens is 478 g/mol. The zero-order valence-corrected chi connectivity index (χ0v) is 21.4. The fourth-order valence-corrected chi connectivity index (χ4v) is 6.64. The zero-order valence-electron chi connectivity index (χ0n) is 20.6. The number of fused-ring (bicyclic) bond motifs is 1. The predicted molar refractivity (Wildman–Crippen MR) is 142 cm³/mol. The van der Waals surface area contributed by atoms with E-state index >= 15 is 0 Å². The number of carbonyl (C=O) groups is 1. The summed E-state index contributed by atoms with van der Waals surface area (Å²) in [5.41, 5.74) is 3.47. The van der Waals surface area contributed by atoms with Gasteiger partial charge in [-0.2, -0.15) is 10.1 Å². The highest BCUT2D eigenvalue weighted by Gasteiger charge is 2.40. The molecule has 184 valence electrons. The maximum atomic E-state index is 13.7. The van der Waals surface area contributed by atoms with Crippen LogP contribution in [0.4, 0.5) is 17.1 Å². The van der Waals surface area contributed by atoms with Crippen molar-refractivity contribution in [2.24, 2.45) is 5.10 Å². The van der Waals surface area contributed by atoms with Crippen LogP contribution < -0.4 is 24.7 Å². The van der Waals surface area contributed by atoms with Crippen LogP contribution in [0.25, 0.3) is 11.3 Å². The van der Waals surface area contributed by atoms with Crippen molar-refractivity contribution >= 4 is 51.3 Å². The lowest BCUT2D eigenvalue weighted by molar-refractivity contribution is -0.384. The second-order valence-electron chi connectivity index (χ2n) is 9.29. The largest absolute Gasteiger partial charge is 0.346 e. The standard InChI is InChI=1S/C26H25N5O4S/c1-6-29-24(33)21(22-26(3,4)18-12-7-8-13-19(18)28(22)5)36-25(29)20-15(2)27-30(23(20)32)16-10-9-11-17(14-16)31(34)35/h7-14H,6H2,1-5H3/b22-21+,25-20+. The van der Waals surface area contributed by atoms with E-state index in [4.69, 9.17) is 0 Å². The Bertz CT molecular complexity index is 1660. The van der Waals surface area contributed by atoms with Crippen LogP contribution in [-0.2, 0) is 16.8 Å². The summed E-state index contributed by atoms with van der Waals surface area (Å²) in [6.07, 6.45) is 0. The number of hydrazone groups is 1. The van der Waals surface area contributed by atoms with Crippen molar-refractivity contribution in [3.63, 3.8) is 0 Å². The van der Waals surface area contributed by atoms with Gasteiger partial charge in [0.05, 0.1) is 27.6 Å². The molecule has 2 aliphatic rings. The number of likely N-dealkylation sites (N-methyl/N-ethyl adjacent to an activating group) is 1. The number of nitrogens with zero attached hydrogens (tertiary/aromatic N) is 5. The zero-order chi connectivity index (χ0) is 25.9. The van der Waals surface area contributed by atoms with Gasteiger partial charge in [0.25, 0.3) is 17.2 Å². The van der Waals surface area contributed by atoms with Gasteiger partial charge in [-0.15, -0.1) is 11.3 Å². The molecule has 0 aliphatic carbocycles. The number of rotatable bonds is 3. The summed E-state index contributed by atoms with van der Waals surface area (Å²) in [6.45, 7) is 8.17. The summed E-state index contributed by atoms with van der Waals surface area (Å²) in [6, 6.07) is 13.9. The van der Waals surface area contributed by atoms with Crippen molar-refractivity contribution in [2.45, 2.75) is 39.7 Å². The Labute approximate surface area is 211 Å². The number of thiazole rings is 1. The van der Waals surface area contributed by atoms with Crippen LogP contribution in [0.2, 0.25) is 0 Å². The molecule has 0 bridgehead atoms. The molecule has 2 aromatic carbocycles. The van der Waals surface area contributed by atoms with E-state index in [0.717, 1.165) is 22.0 Å². The van der Waals surface area contributed by atoms with Crippen LogP contribution in [0.1, 0.15) is 33.3 Å². The fourth-order valence-electron chi connectivity index (χ4n) is 5.10. The highest BCUT2D eigenvalue weighted by Crippen LogP contribution is 2.46. The number of nitro groups is 1. The summed E-state index contributed by atoms with van der Waals surface area (Å²) in [5, 5.41) is 16.8. The van der Waals surface area contributed by atoms with Gasteiger partial charge in [0.1, 0.15) is 9.20 Å². The molecule has 0 spiro atoms. The van der Waals surface area contributed by atoms with E-state index in [2.05, 4.69) is 29.9 Å². The van der Waals surface area contributed by atoms with Crippen molar-refractivity contribution in [3.05, 3.63) is 83.8 Å². The van der Waals surface area contributed by atoms with Gasteiger partial charge < -0.3 is 4.90 Å². The Balaban J connectivity index is 1.75. The van der Waals surface area contributed by atoms with Crippen LogP contribution in [-0.4, -0.2) is 28.2 Å². The molecule has 10 heteroatoms. The summed E-state index contributed by atoms with van der Waals surface area (Å²) < 4.78 is 2.73. The number of hydrogen-bond donors (Lipinski definition) is 0. The molecule has 9 nitrogen and oxygen atoms in total. The van der Waals surface area contributed by atoms with Crippen molar-refractivity contribution in [1.82, 2.24) is 4.57 Å². The van der Waals surface area contributed by atoms with Crippen LogP contribution >= 0.6 is 11.3 Å². The van der Waals surface area contributed by atoms with Gasteiger partial charge in [0.15, 0.2) is 0 Å². The lowest BCUT2D eigenvalue weighted by Crippen LogP contribution is -2.38. The van der Waals surface area contributed by atoms with Crippen LogP contribution in [0.3, 0.4) is 0 Å². The molecular formula is C26H25N5O4S. The maximum Gasteiger partial charge on any atom is 0.283 e. The van der Waals surface area contributed by atoms with Crippen LogP contribution in [0.5, 0.6) is 0 Å². The van der Waals surface area contributed by atoms with Crippen molar-refractivity contribution in [3.8, 4) is 0 Å². The van der Waals surface area contributed by atoms with Crippen LogP contribution in [0, 0.1) is 10.1 Å².